The number of thioether (sulfide) groups is 1. The molecule has 5 aromatic rings. The Morgan fingerprint density at radius 1 is 1.00 bits per heavy atom. The summed E-state index contributed by atoms with van der Waals surface area (Å²) in [5.41, 5.74) is 1.62. The summed E-state index contributed by atoms with van der Waals surface area (Å²) in [6.07, 6.45) is 1.60. The highest BCUT2D eigenvalue weighted by Gasteiger charge is 2.20. The van der Waals surface area contributed by atoms with Crippen molar-refractivity contribution in [2.75, 3.05) is 5.75 Å². The summed E-state index contributed by atoms with van der Waals surface area (Å²) in [5, 5.41) is 9.59. The minimum absolute atomic E-state index is 0.0499. The molecule has 3 aromatic heterocycles. The lowest BCUT2D eigenvalue weighted by atomic mass is 10.2. The second-order valence-electron chi connectivity index (χ2n) is 7.60. The van der Waals surface area contributed by atoms with Crippen LogP contribution in [0.4, 0.5) is 0 Å². The maximum absolute atomic E-state index is 13.2. The van der Waals surface area contributed by atoms with Gasteiger partial charge in [0.05, 0.1) is 29.5 Å². The molecule has 9 heteroatoms. The van der Waals surface area contributed by atoms with Crippen LogP contribution in [0.1, 0.15) is 11.3 Å². The molecule has 0 N–H and O–H groups in total. The number of aryl methyl sites for hydroxylation is 1. The summed E-state index contributed by atoms with van der Waals surface area (Å²) < 4.78 is 8.77. The molecule has 0 saturated heterocycles. The minimum atomic E-state index is -0.134. The average molecular weight is 460 g/mol. The number of hydrogen-bond donors (Lipinski definition) is 0. The molecule has 0 radical (unpaired) electrons. The Hall–Kier alpha value is -3.85. The third-order valence-electron chi connectivity index (χ3n) is 5.42. The van der Waals surface area contributed by atoms with E-state index in [2.05, 4.69) is 10.2 Å². The van der Waals surface area contributed by atoms with Crippen LogP contribution >= 0.6 is 11.8 Å². The number of hydrogen-bond acceptors (Lipinski definition) is 6. The molecule has 0 saturated carbocycles. The van der Waals surface area contributed by atoms with E-state index in [1.54, 1.807) is 24.3 Å². The molecule has 5 rings (SSSR count). The highest BCUT2D eigenvalue weighted by molar-refractivity contribution is 7.99. The quantitative estimate of drug-likeness (QED) is 0.346. The molecule has 0 spiro atoms. The summed E-state index contributed by atoms with van der Waals surface area (Å²) in [6.45, 7) is 0.845. The number of furan rings is 1. The van der Waals surface area contributed by atoms with Crippen LogP contribution in [0.15, 0.2) is 87.4 Å². The first kappa shape index (κ1) is 21.0. The zero-order chi connectivity index (χ0) is 22.8. The summed E-state index contributed by atoms with van der Waals surface area (Å²) >= 11 is 1.30. The molecule has 0 aliphatic rings. The van der Waals surface area contributed by atoms with Crippen molar-refractivity contribution in [3.05, 3.63) is 94.7 Å². The van der Waals surface area contributed by atoms with Crippen molar-refractivity contribution in [2.24, 2.45) is 7.05 Å². The highest BCUT2D eigenvalue weighted by atomic mass is 32.2. The van der Waals surface area contributed by atoms with E-state index in [0.29, 0.717) is 34.9 Å². The lowest BCUT2D eigenvalue weighted by Crippen LogP contribution is -2.31. The molecule has 33 heavy (non-hydrogen) atoms. The number of nitrogens with zero attached hydrogens (tertiary/aromatic N) is 5. The number of carbonyl (C=O) groups excluding carboxylic acids is 1. The molecular weight excluding hydrogens is 438 g/mol. The van der Waals surface area contributed by atoms with Gasteiger partial charge in [-0.2, -0.15) is 0 Å². The van der Waals surface area contributed by atoms with Gasteiger partial charge in [-0.1, -0.05) is 54.2 Å². The summed E-state index contributed by atoms with van der Waals surface area (Å²) in [7, 11) is 1.67. The van der Waals surface area contributed by atoms with E-state index < -0.39 is 0 Å². The van der Waals surface area contributed by atoms with Gasteiger partial charge in [0.1, 0.15) is 5.76 Å². The Morgan fingerprint density at radius 3 is 2.58 bits per heavy atom. The molecule has 8 nitrogen and oxygen atoms in total. The number of para-hydroxylation sites is 1. The Labute approximate surface area is 193 Å². The van der Waals surface area contributed by atoms with Crippen LogP contribution in [-0.2, 0) is 24.9 Å². The van der Waals surface area contributed by atoms with Crippen LogP contribution in [0.2, 0.25) is 0 Å². The molecule has 0 unspecified atom stereocenters. The summed E-state index contributed by atoms with van der Waals surface area (Å²) in [5.74, 6) is 1.28. The molecule has 166 valence electrons. The smallest absolute Gasteiger partial charge is 0.262 e. The minimum Gasteiger partial charge on any atom is -0.467 e. The van der Waals surface area contributed by atoms with Crippen molar-refractivity contribution < 1.29 is 9.21 Å². The predicted octanol–water partition coefficient (Wildman–Crippen LogP) is 3.50. The number of carbonyl (C=O) groups is 1. The van der Waals surface area contributed by atoms with Gasteiger partial charge >= 0.3 is 0 Å². The van der Waals surface area contributed by atoms with Crippen LogP contribution in [0.3, 0.4) is 0 Å². The van der Waals surface area contributed by atoms with Crippen molar-refractivity contribution in [3.63, 3.8) is 0 Å². The fraction of sp³-hybridized carbons (Fsp3) is 0.167. The van der Waals surface area contributed by atoms with Gasteiger partial charge in [-0.15, -0.1) is 10.2 Å². The average Bonchev–Trinajstić information content (AvgIpc) is 3.51. The second kappa shape index (κ2) is 8.95. The van der Waals surface area contributed by atoms with Gasteiger partial charge in [0.15, 0.2) is 5.16 Å². The number of aromatic nitrogens is 4. The zero-order valence-corrected chi connectivity index (χ0v) is 18.7. The Morgan fingerprint density at radius 2 is 1.79 bits per heavy atom. The van der Waals surface area contributed by atoms with E-state index in [-0.39, 0.29) is 17.2 Å². The van der Waals surface area contributed by atoms with Gasteiger partial charge in [-0.3, -0.25) is 18.6 Å². The van der Waals surface area contributed by atoms with E-state index in [0.717, 1.165) is 11.3 Å². The van der Waals surface area contributed by atoms with Crippen molar-refractivity contribution in [1.82, 2.24) is 24.1 Å². The van der Waals surface area contributed by atoms with E-state index in [4.69, 9.17) is 4.42 Å². The Balaban J connectivity index is 1.42. The number of rotatable bonds is 7. The third kappa shape index (κ3) is 4.14. The van der Waals surface area contributed by atoms with Gasteiger partial charge in [0.2, 0.25) is 11.7 Å². The highest BCUT2D eigenvalue weighted by Crippen LogP contribution is 2.22. The monoisotopic (exact) mass is 459 g/mol. The summed E-state index contributed by atoms with van der Waals surface area (Å²) in [6, 6.07) is 20.9. The molecule has 0 aliphatic heterocycles. The number of amides is 1. The van der Waals surface area contributed by atoms with Gasteiger partial charge < -0.3 is 9.32 Å². The van der Waals surface area contributed by atoms with Crippen LogP contribution in [-0.4, -0.2) is 35.7 Å². The second-order valence-corrected chi connectivity index (χ2v) is 8.55. The van der Waals surface area contributed by atoms with Crippen molar-refractivity contribution in [1.29, 1.82) is 0 Å². The molecule has 3 heterocycles. The normalized spacial score (nSPS) is 11.3. The predicted molar refractivity (Wildman–Crippen MR) is 126 cm³/mol. The third-order valence-corrected chi connectivity index (χ3v) is 6.33. The first-order valence-corrected chi connectivity index (χ1v) is 11.4. The van der Waals surface area contributed by atoms with Crippen LogP contribution in [0.5, 0.6) is 0 Å². The van der Waals surface area contributed by atoms with E-state index >= 15 is 0 Å². The first-order valence-electron chi connectivity index (χ1n) is 10.4. The summed E-state index contributed by atoms with van der Waals surface area (Å²) in [4.78, 5) is 27.6. The maximum atomic E-state index is 13.2. The number of benzene rings is 2. The zero-order valence-electron chi connectivity index (χ0n) is 17.9. The van der Waals surface area contributed by atoms with Crippen LogP contribution < -0.4 is 5.56 Å². The fourth-order valence-corrected chi connectivity index (χ4v) is 4.59. The molecule has 0 aliphatic carbocycles. The Bertz CT molecular complexity index is 1480. The van der Waals surface area contributed by atoms with Gasteiger partial charge in [0, 0.05) is 13.6 Å². The van der Waals surface area contributed by atoms with E-state index in [9.17, 15) is 9.59 Å². The van der Waals surface area contributed by atoms with Gasteiger partial charge in [-0.05, 0) is 29.8 Å². The lowest BCUT2D eigenvalue weighted by Gasteiger charge is -2.21. The maximum Gasteiger partial charge on any atom is 0.262 e. The SMILES string of the molecule is Cn1c(=O)c2ccccc2n2c(SCC(=O)N(Cc3ccccc3)Cc3ccco3)nnc12. The van der Waals surface area contributed by atoms with Crippen molar-refractivity contribution in [3.8, 4) is 0 Å². The molecule has 0 fully saturated rings. The molecule has 2 aromatic carbocycles. The molecular formula is C24H21N5O3S. The standard InChI is InChI=1S/C24H21N5O3S/c1-27-22(31)19-11-5-6-12-20(19)29-23(27)25-26-24(29)33-16-21(30)28(15-18-10-7-13-32-18)14-17-8-3-2-4-9-17/h2-13H,14-16H2,1H3. The van der Waals surface area contributed by atoms with E-state index in [1.165, 1.54) is 16.3 Å². The van der Waals surface area contributed by atoms with Crippen LogP contribution in [0.25, 0.3) is 16.7 Å². The largest absolute Gasteiger partial charge is 0.467 e. The molecule has 0 atom stereocenters. The van der Waals surface area contributed by atoms with Crippen molar-refractivity contribution >= 4 is 34.3 Å². The van der Waals surface area contributed by atoms with E-state index in [1.807, 2.05) is 65.1 Å². The topological polar surface area (TPSA) is 85.6 Å². The first-order chi connectivity index (χ1) is 16.1. The Kier molecular flexibility index (Phi) is 5.70. The molecule has 1 amide bonds. The fourth-order valence-electron chi connectivity index (χ4n) is 3.75. The van der Waals surface area contributed by atoms with Gasteiger partial charge in [-0.25, -0.2) is 0 Å². The molecule has 0 bridgehead atoms. The number of fused-ring (bicyclic) bond motifs is 3. The van der Waals surface area contributed by atoms with Crippen molar-refractivity contribution in [2.45, 2.75) is 18.2 Å². The van der Waals surface area contributed by atoms with Gasteiger partial charge in [0.25, 0.3) is 5.56 Å². The lowest BCUT2D eigenvalue weighted by molar-refractivity contribution is -0.129. The van der Waals surface area contributed by atoms with Crippen LogP contribution in [0, 0.1) is 0 Å².